The molecule has 1 aliphatic carbocycles. The first-order chi connectivity index (χ1) is 9.97. The van der Waals surface area contributed by atoms with Crippen LogP contribution < -0.4 is 11.1 Å². The molecule has 1 unspecified atom stereocenters. The first kappa shape index (κ1) is 14.8. The lowest BCUT2D eigenvalue weighted by molar-refractivity contribution is 0.154. The number of piperazine rings is 1. The van der Waals surface area contributed by atoms with Gasteiger partial charge in [0.1, 0.15) is 0 Å². The van der Waals surface area contributed by atoms with E-state index in [1.165, 1.54) is 19.1 Å². The zero-order valence-corrected chi connectivity index (χ0v) is 13.2. The van der Waals surface area contributed by atoms with Crippen LogP contribution in [0.15, 0.2) is 23.1 Å². The third kappa shape index (κ3) is 3.22. The van der Waals surface area contributed by atoms with E-state index in [0.717, 1.165) is 37.7 Å². The third-order valence-corrected chi connectivity index (χ3v) is 5.53. The van der Waals surface area contributed by atoms with Crippen LogP contribution in [0.1, 0.15) is 24.4 Å². The summed E-state index contributed by atoms with van der Waals surface area (Å²) in [6.45, 7) is 3.69. The van der Waals surface area contributed by atoms with Crippen molar-refractivity contribution in [2.24, 2.45) is 5.92 Å². The predicted octanol–water partition coefficient (Wildman–Crippen LogP) is 1.03. The summed E-state index contributed by atoms with van der Waals surface area (Å²) >= 11 is 0. The zero-order valence-electron chi connectivity index (χ0n) is 12.4. The van der Waals surface area contributed by atoms with E-state index < -0.39 is 9.84 Å². The van der Waals surface area contributed by atoms with Crippen molar-refractivity contribution in [3.05, 3.63) is 23.8 Å². The molecule has 1 aliphatic heterocycles. The highest BCUT2D eigenvalue weighted by atomic mass is 32.2. The Morgan fingerprint density at radius 1 is 1.38 bits per heavy atom. The molecule has 116 valence electrons. The van der Waals surface area contributed by atoms with Gasteiger partial charge in [0.2, 0.25) is 0 Å². The summed E-state index contributed by atoms with van der Waals surface area (Å²) in [5.41, 5.74) is 7.49. The van der Waals surface area contributed by atoms with E-state index in [9.17, 15) is 8.42 Å². The Labute approximate surface area is 126 Å². The van der Waals surface area contributed by atoms with Gasteiger partial charge in [-0.1, -0.05) is 6.07 Å². The number of sulfone groups is 1. The average Bonchev–Trinajstić information content (AvgIpc) is 3.22. The molecule has 6 heteroatoms. The molecule has 1 heterocycles. The van der Waals surface area contributed by atoms with E-state index in [1.807, 2.05) is 0 Å². The smallest absolute Gasteiger partial charge is 0.175 e. The topological polar surface area (TPSA) is 75.4 Å². The van der Waals surface area contributed by atoms with Crippen molar-refractivity contribution in [3.8, 4) is 0 Å². The molecule has 21 heavy (non-hydrogen) atoms. The van der Waals surface area contributed by atoms with Crippen molar-refractivity contribution in [3.63, 3.8) is 0 Å². The Balaban J connectivity index is 2.00. The van der Waals surface area contributed by atoms with Gasteiger partial charge in [-0.2, -0.15) is 0 Å². The van der Waals surface area contributed by atoms with Crippen LogP contribution in [0.5, 0.6) is 0 Å². The van der Waals surface area contributed by atoms with Gasteiger partial charge in [0, 0.05) is 43.7 Å². The van der Waals surface area contributed by atoms with E-state index in [0.29, 0.717) is 10.6 Å². The molecular formula is C15H23N3O2S. The summed E-state index contributed by atoms with van der Waals surface area (Å²) in [6.07, 6.45) is 3.84. The SMILES string of the molecule is CS(=O)(=O)c1cccc(N)c1C1CNCCN1CC1CC1. The third-order valence-electron chi connectivity index (χ3n) is 4.38. The maximum absolute atomic E-state index is 12.1. The maximum Gasteiger partial charge on any atom is 0.175 e. The Hall–Kier alpha value is -1.11. The Morgan fingerprint density at radius 3 is 2.81 bits per heavy atom. The molecule has 3 N–H and O–H groups in total. The van der Waals surface area contributed by atoms with Gasteiger partial charge >= 0.3 is 0 Å². The number of anilines is 1. The molecule has 1 aromatic carbocycles. The van der Waals surface area contributed by atoms with Gasteiger partial charge in [-0.25, -0.2) is 8.42 Å². The molecule has 1 saturated heterocycles. The Morgan fingerprint density at radius 2 is 2.14 bits per heavy atom. The summed E-state index contributed by atoms with van der Waals surface area (Å²) < 4.78 is 24.2. The molecule has 5 nitrogen and oxygen atoms in total. The molecule has 1 saturated carbocycles. The van der Waals surface area contributed by atoms with E-state index in [2.05, 4.69) is 10.2 Å². The minimum absolute atomic E-state index is 0.0466. The van der Waals surface area contributed by atoms with Gasteiger partial charge in [-0.05, 0) is 30.9 Å². The number of nitrogen functional groups attached to an aromatic ring is 1. The van der Waals surface area contributed by atoms with Gasteiger partial charge in [0.05, 0.1) is 10.9 Å². The lowest BCUT2D eigenvalue weighted by atomic mass is 10.0. The van der Waals surface area contributed by atoms with Crippen LogP contribution in [-0.2, 0) is 9.84 Å². The summed E-state index contributed by atoms with van der Waals surface area (Å²) in [5.74, 6) is 0.775. The standard InChI is InChI=1S/C15H23N3O2S/c1-21(19,20)14-4-2-3-12(16)15(14)13-9-17-7-8-18(13)10-11-5-6-11/h2-4,11,13,17H,5-10,16H2,1H3. The Bertz CT molecular complexity index is 626. The molecule has 1 aromatic rings. The van der Waals surface area contributed by atoms with Gasteiger partial charge in [-0.15, -0.1) is 0 Å². The molecule has 2 aliphatic rings. The highest BCUT2D eigenvalue weighted by molar-refractivity contribution is 7.90. The molecule has 0 aromatic heterocycles. The van der Waals surface area contributed by atoms with Gasteiger partial charge < -0.3 is 11.1 Å². The maximum atomic E-state index is 12.1. The molecule has 0 spiro atoms. The van der Waals surface area contributed by atoms with Crippen LogP contribution in [0, 0.1) is 5.92 Å². The summed E-state index contributed by atoms with van der Waals surface area (Å²) in [4.78, 5) is 2.77. The minimum Gasteiger partial charge on any atom is -0.398 e. The fourth-order valence-electron chi connectivity index (χ4n) is 3.12. The molecule has 0 radical (unpaired) electrons. The number of nitrogens with two attached hydrogens (primary N) is 1. The number of rotatable bonds is 4. The van der Waals surface area contributed by atoms with Crippen LogP contribution in [-0.4, -0.2) is 45.8 Å². The van der Waals surface area contributed by atoms with Crippen molar-refractivity contribution in [1.29, 1.82) is 0 Å². The molecule has 0 bridgehead atoms. The van der Waals surface area contributed by atoms with Crippen molar-refractivity contribution in [2.75, 3.05) is 38.2 Å². The highest BCUT2D eigenvalue weighted by Crippen LogP contribution is 2.36. The van der Waals surface area contributed by atoms with Crippen LogP contribution in [0.2, 0.25) is 0 Å². The number of nitrogens with one attached hydrogen (secondary N) is 1. The van der Waals surface area contributed by atoms with Gasteiger partial charge in [-0.3, -0.25) is 4.90 Å². The lowest BCUT2D eigenvalue weighted by Crippen LogP contribution is -2.47. The van der Waals surface area contributed by atoms with Crippen LogP contribution >= 0.6 is 0 Å². The quantitative estimate of drug-likeness (QED) is 0.813. The van der Waals surface area contributed by atoms with Crippen LogP contribution in [0.3, 0.4) is 0 Å². The molecule has 3 rings (SSSR count). The Kier molecular flexibility index (Phi) is 3.94. The second kappa shape index (κ2) is 5.59. The first-order valence-electron chi connectivity index (χ1n) is 7.50. The van der Waals surface area contributed by atoms with Crippen molar-refractivity contribution in [2.45, 2.75) is 23.8 Å². The van der Waals surface area contributed by atoms with Crippen molar-refractivity contribution in [1.82, 2.24) is 10.2 Å². The summed E-state index contributed by atoms with van der Waals surface area (Å²) in [6, 6.07) is 5.24. The van der Waals surface area contributed by atoms with E-state index in [-0.39, 0.29) is 6.04 Å². The van der Waals surface area contributed by atoms with E-state index in [4.69, 9.17) is 5.73 Å². The fourth-order valence-corrected chi connectivity index (χ4v) is 4.10. The average molecular weight is 309 g/mol. The van der Waals surface area contributed by atoms with Gasteiger partial charge in [0.15, 0.2) is 9.84 Å². The second-order valence-corrected chi connectivity index (χ2v) is 8.17. The number of hydrogen-bond donors (Lipinski definition) is 2. The molecule has 1 atom stereocenters. The summed E-state index contributed by atoms with van der Waals surface area (Å²) in [7, 11) is -3.28. The lowest BCUT2D eigenvalue weighted by Gasteiger charge is -2.37. The number of benzene rings is 1. The first-order valence-corrected chi connectivity index (χ1v) is 9.39. The molecule has 2 fully saturated rings. The largest absolute Gasteiger partial charge is 0.398 e. The van der Waals surface area contributed by atoms with Crippen molar-refractivity contribution < 1.29 is 8.42 Å². The van der Waals surface area contributed by atoms with Crippen LogP contribution in [0.4, 0.5) is 5.69 Å². The fraction of sp³-hybridized carbons (Fsp3) is 0.600. The van der Waals surface area contributed by atoms with Crippen molar-refractivity contribution >= 4 is 15.5 Å². The van der Waals surface area contributed by atoms with Crippen LogP contribution in [0.25, 0.3) is 0 Å². The molecule has 0 amide bonds. The normalized spacial score (nSPS) is 24.1. The zero-order chi connectivity index (χ0) is 15.0. The predicted molar refractivity (Wildman–Crippen MR) is 83.9 cm³/mol. The number of nitrogens with zero attached hydrogens (tertiary/aromatic N) is 1. The monoisotopic (exact) mass is 309 g/mol. The highest BCUT2D eigenvalue weighted by Gasteiger charge is 2.33. The molecular weight excluding hydrogens is 286 g/mol. The van der Waals surface area contributed by atoms with Gasteiger partial charge in [0.25, 0.3) is 0 Å². The second-order valence-electron chi connectivity index (χ2n) is 6.19. The van der Waals surface area contributed by atoms with E-state index >= 15 is 0 Å². The number of hydrogen-bond acceptors (Lipinski definition) is 5. The summed E-state index contributed by atoms with van der Waals surface area (Å²) in [5, 5.41) is 3.37. The van der Waals surface area contributed by atoms with E-state index in [1.54, 1.807) is 18.2 Å². The minimum atomic E-state index is -3.28.